The highest BCUT2D eigenvalue weighted by Gasteiger charge is 1.81. The van der Waals surface area contributed by atoms with E-state index in [0.29, 0.717) is 0 Å². The van der Waals surface area contributed by atoms with E-state index in [-0.39, 0.29) is 0 Å². The molecule has 1 aromatic rings. The van der Waals surface area contributed by atoms with Crippen LogP contribution < -0.4 is 0 Å². The van der Waals surface area contributed by atoms with Gasteiger partial charge in [0.15, 0.2) is 0 Å². The second kappa shape index (κ2) is 6.27. The van der Waals surface area contributed by atoms with Crippen LogP contribution in [0.1, 0.15) is 26.3 Å². The van der Waals surface area contributed by atoms with Crippen LogP contribution in [-0.4, -0.2) is 4.98 Å². The van der Waals surface area contributed by atoms with Gasteiger partial charge in [-0.15, -0.1) is 0 Å². The molecule has 1 heteroatoms. The number of rotatable bonds is 1. The Morgan fingerprint density at radius 1 is 1.40 bits per heavy atom. The molecule has 0 aliphatic rings. The first kappa shape index (κ1) is 9.15. The molecule has 56 valence electrons. The summed E-state index contributed by atoms with van der Waals surface area (Å²) in [6, 6.07) is 4.03. The number of aryl methyl sites for hydroxylation is 1. The minimum absolute atomic E-state index is 1.08. The molecule has 0 aliphatic heterocycles. The Morgan fingerprint density at radius 2 is 2.10 bits per heavy atom. The quantitative estimate of drug-likeness (QED) is 0.580. The summed E-state index contributed by atoms with van der Waals surface area (Å²) < 4.78 is 0. The van der Waals surface area contributed by atoms with Gasteiger partial charge in [-0.25, -0.2) is 0 Å². The van der Waals surface area contributed by atoms with Crippen molar-refractivity contribution in [2.45, 2.75) is 27.2 Å². The van der Waals surface area contributed by atoms with Crippen molar-refractivity contribution in [3.63, 3.8) is 0 Å². The third kappa shape index (κ3) is 3.23. The summed E-state index contributed by atoms with van der Waals surface area (Å²) in [6.07, 6.45) is 4.76. The highest BCUT2D eigenvalue weighted by molar-refractivity contribution is 5.07. The maximum absolute atomic E-state index is 3.96. The van der Waals surface area contributed by atoms with Crippen LogP contribution in [0.2, 0.25) is 0 Å². The SMILES string of the molecule is CC.CCc1cccnc1. The van der Waals surface area contributed by atoms with Crippen molar-refractivity contribution in [1.29, 1.82) is 0 Å². The van der Waals surface area contributed by atoms with E-state index in [2.05, 4.69) is 18.0 Å². The van der Waals surface area contributed by atoms with E-state index in [1.165, 1.54) is 5.56 Å². The Balaban J connectivity index is 0.000000371. The number of pyridine rings is 1. The molecule has 0 saturated carbocycles. The van der Waals surface area contributed by atoms with Crippen LogP contribution >= 0.6 is 0 Å². The lowest BCUT2D eigenvalue weighted by molar-refractivity contribution is 1.10. The van der Waals surface area contributed by atoms with Gasteiger partial charge >= 0.3 is 0 Å². The van der Waals surface area contributed by atoms with E-state index in [0.717, 1.165) is 6.42 Å². The average Bonchev–Trinajstić information content (AvgIpc) is 2.10. The largest absolute Gasteiger partial charge is 0.264 e. The van der Waals surface area contributed by atoms with Gasteiger partial charge in [0.2, 0.25) is 0 Å². The molecule has 0 atom stereocenters. The average molecular weight is 137 g/mol. The zero-order valence-corrected chi connectivity index (χ0v) is 6.96. The minimum atomic E-state index is 1.08. The van der Waals surface area contributed by atoms with Crippen molar-refractivity contribution in [3.05, 3.63) is 30.1 Å². The smallest absolute Gasteiger partial charge is 0.0299 e. The molecule has 1 rings (SSSR count). The van der Waals surface area contributed by atoms with Crippen LogP contribution in [0.15, 0.2) is 24.5 Å². The molecule has 0 aromatic carbocycles. The molecule has 1 aromatic heterocycles. The summed E-state index contributed by atoms with van der Waals surface area (Å²) in [5.74, 6) is 0. The second-order valence-corrected chi connectivity index (χ2v) is 1.71. The third-order valence-corrected chi connectivity index (χ3v) is 1.13. The van der Waals surface area contributed by atoms with Crippen LogP contribution in [0.3, 0.4) is 0 Å². The van der Waals surface area contributed by atoms with E-state index in [1.807, 2.05) is 26.1 Å². The molecule has 0 fully saturated rings. The monoisotopic (exact) mass is 137 g/mol. The summed E-state index contributed by atoms with van der Waals surface area (Å²) >= 11 is 0. The van der Waals surface area contributed by atoms with E-state index in [4.69, 9.17) is 0 Å². The van der Waals surface area contributed by atoms with Crippen LogP contribution in [-0.2, 0) is 6.42 Å². The topological polar surface area (TPSA) is 12.9 Å². The molecule has 1 nitrogen and oxygen atoms in total. The predicted octanol–water partition coefficient (Wildman–Crippen LogP) is 2.67. The molecular weight excluding hydrogens is 122 g/mol. The molecule has 1 heterocycles. The Bertz CT molecular complexity index is 146. The molecule has 0 bridgehead atoms. The molecule has 10 heavy (non-hydrogen) atoms. The molecule has 0 radical (unpaired) electrons. The van der Waals surface area contributed by atoms with Crippen molar-refractivity contribution in [1.82, 2.24) is 4.98 Å². The zero-order chi connectivity index (χ0) is 7.82. The van der Waals surface area contributed by atoms with E-state index in [1.54, 1.807) is 6.20 Å². The van der Waals surface area contributed by atoms with Gasteiger partial charge in [-0.3, -0.25) is 4.98 Å². The molecule has 0 saturated heterocycles. The Labute approximate surface area is 63.1 Å². The highest BCUT2D eigenvalue weighted by atomic mass is 14.6. The third-order valence-electron chi connectivity index (χ3n) is 1.13. The second-order valence-electron chi connectivity index (χ2n) is 1.71. The fourth-order valence-electron chi connectivity index (χ4n) is 0.607. The number of hydrogen-bond acceptors (Lipinski definition) is 1. The van der Waals surface area contributed by atoms with Gasteiger partial charge in [0.25, 0.3) is 0 Å². The fourth-order valence-corrected chi connectivity index (χ4v) is 0.607. The summed E-state index contributed by atoms with van der Waals surface area (Å²) in [4.78, 5) is 3.96. The lowest BCUT2D eigenvalue weighted by Gasteiger charge is -1.88. The number of nitrogens with zero attached hydrogens (tertiary/aromatic N) is 1. The van der Waals surface area contributed by atoms with Crippen LogP contribution in [0, 0.1) is 0 Å². The maximum Gasteiger partial charge on any atom is 0.0299 e. The van der Waals surface area contributed by atoms with Gasteiger partial charge in [-0.1, -0.05) is 26.8 Å². The fraction of sp³-hybridized carbons (Fsp3) is 0.444. The van der Waals surface area contributed by atoms with Crippen molar-refractivity contribution in [2.75, 3.05) is 0 Å². The normalized spacial score (nSPS) is 7.90. The maximum atomic E-state index is 3.96. The van der Waals surface area contributed by atoms with E-state index < -0.39 is 0 Å². The van der Waals surface area contributed by atoms with E-state index >= 15 is 0 Å². The van der Waals surface area contributed by atoms with Gasteiger partial charge in [0, 0.05) is 12.4 Å². The van der Waals surface area contributed by atoms with Gasteiger partial charge in [-0.2, -0.15) is 0 Å². The molecule has 0 N–H and O–H groups in total. The summed E-state index contributed by atoms with van der Waals surface area (Å²) in [5, 5.41) is 0. The minimum Gasteiger partial charge on any atom is -0.264 e. The number of hydrogen-bond donors (Lipinski definition) is 0. The van der Waals surface area contributed by atoms with Crippen molar-refractivity contribution in [3.8, 4) is 0 Å². The summed E-state index contributed by atoms with van der Waals surface area (Å²) in [7, 11) is 0. The van der Waals surface area contributed by atoms with Gasteiger partial charge in [0.1, 0.15) is 0 Å². The molecule has 0 aliphatic carbocycles. The zero-order valence-electron chi connectivity index (χ0n) is 6.96. The lowest BCUT2D eigenvalue weighted by atomic mass is 10.2. The first-order valence-corrected chi connectivity index (χ1v) is 3.82. The summed E-state index contributed by atoms with van der Waals surface area (Å²) in [5.41, 5.74) is 1.30. The first-order valence-electron chi connectivity index (χ1n) is 3.82. The van der Waals surface area contributed by atoms with Crippen LogP contribution in [0.4, 0.5) is 0 Å². The first-order chi connectivity index (χ1) is 4.93. The Morgan fingerprint density at radius 3 is 2.40 bits per heavy atom. The summed E-state index contributed by atoms with van der Waals surface area (Å²) in [6.45, 7) is 6.12. The highest BCUT2D eigenvalue weighted by Crippen LogP contribution is 1.93. The van der Waals surface area contributed by atoms with Crippen molar-refractivity contribution < 1.29 is 0 Å². The standard InChI is InChI=1S/C7H9N.C2H6/c1-2-7-4-3-5-8-6-7;1-2/h3-6H,2H2,1H3;1-2H3. The van der Waals surface area contributed by atoms with Crippen LogP contribution in [0.5, 0.6) is 0 Å². The van der Waals surface area contributed by atoms with Gasteiger partial charge in [0.05, 0.1) is 0 Å². The van der Waals surface area contributed by atoms with Gasteiger partial charge in [-0.05, 0) is 18.1 Å². The lowest BCUT2D eigenvalue weighted by Crippen LogP contribution is -1.77. The number of aromatic nitrogens is 1. The molecule has 0 spiro atoms. The Hall–Kier alpha value is -0.850. The molecule has 0 amide bonds. The van der Waals surface area contributed by atoms with E-state index in [9.17, 15) is 0 Å². The van der Waals surface area contributed by atoms with Crippen LogP contribution in [0.25, 0.3) is 0 Å². The Kier molecular flexibility index (Phi) is 5.74. The molecular formula is C9H15N. The van der Waals surface area contributed by atoms with Gasteiger partial charge < -0.3 is 0 Å². The predicted molar refractivity (Wildman–Crippen MR) is 45.0 cm³/mol. The van der Waals surface area contributed by atoms with Crippen molar-refractivity contribution in [2.24, 2.45) is 0 Å². The van der Waals surface area contributed by atoms with Crippen molar-refractivity contribution >= 4 is 0 Å². The molecule has 0 unspecified atom stereocenters.